The average molecular weight is 411 g/mol. The van der Waals surface area contributed by atoms with E-state index in [9.17, 15) is 5.11 Å². The number of aliphatic hydroxyl groups is 1. The number of nitrogens with zero attached hydrogens (tertiary/aromatic N) is 4. The molecular weight excluding hydrogens is 376 g/mol. The van der Waals surface area contributed by atoms with Gasteiger partial charge in [-0.1, -0.05) is 35.9 Å². The first-order chi connectivity index (χ1) is 14.5. The zero-order valence-electron chi connectivity index (χ0n) is 18.5. The molecule has 3 rings (SSSR count). The third kappa shape index (κ3) is 6.11. The van der Waals surface area contributed by atoms with E-state index in [4.69, 9.17) is 9.72 Å². The fourth-order valence-electron chi connectivity index (χ4n) is 3.99. The second-order valence-electron chi connectivity index (χ2n) is 8.09. The first-order valence-electron chi connectivity index (χ1n) is 10.7. The largest absolute Gasteiger partial charge is 0.389 e. The minimum Gasteiger partial charge on any atom is -0.389 e. The topological polar surface area (TPSA) is 61.7 Å². The zero-order chi connectivity index (χ0) is 21.5. The lowest BCUT2D eigenvalue weighted by atomic mass is 10.0. The van der Waals surface area contributed by atoms with E-state index in [0.29, 0.717) is 19.8 Å². The summed E-state index contributed by atoms with van der Waals surface area (Å²) in [6, 6.07) is 8.64. The van der Waals surface area contributed by atoms with Crippen molar-refractivity contribution in [2.24, 2.45) is 0 Å². The minimum absolute atomic E-state index is 0.344. The van der Waals surface area contributed by atoms with Gasteiger partial charge in [-0.2, -0.15) is 0 Å². The summed E-state index contributed by atoms with van der Waals surface area (Å²) in [6.45, 7) is 14.8. The predicted molar refractivity (Wildman–Crippen MR) is 121 cm³/mol. The molecule has 1 atom stereocenters. The van der Waals surface area contributed by atoms with Crippen molar-refractivity contribution in [2.45, 2.75) is 33.3 Å². The molecule has 0 bridgehead atoms. The molecule has 1 aliphatic heterocycles. The molecule has 1 unspecified atom stereocenters. The second kappa shape index (κ2) is 10.7. The molecule has 1 aliphatic rings. The number of aryl methyl sites for hydroxylation is 3. The van der Waals surface area contributed by atoms with Crippen LogP contribution < -0.4 is 4.90 Å². The molecule has 6 nitrogen and oxygen atoms in total. The van der Waals surface area contributed by atoms with Gasteiger partial charge < -0.3 is 14.7 Å². The third-order valence-electron chi connectivity index (χ3n) is 5.45. The number of β-amino-alcohol motifs (C(OH)–C–C–N with tert-alkyl or cyclic N) is 1. The van der Waals surface area contributed by atoms with Crippen LogP contribution in [0.25, 0.3) is 0 Å². The Labute approximate surface area is 180 Å². The molecule has 162 valence electrons. The van der Waals surface area contributed by atoms with E-state index >= 15 is 0 Å². The Bertz CT molecular complexity index is 847. The summed E-state index contributed by atoms with van der Waals surface area (Å²) in [5.74, 6) is 1.86. The van der Waals surface area contributed by atoms with E-state index in [0.717, 1.165) is 49.9 Å². The number of anilines is 1. The fraction of sp³-hybridized carbons (Fsp3) is 0.500. The molecule has 2 aromatic rings. The molecule has 1 aromatic carbocycles. The number of hydrogen-bond acceptors (Lipinski definition) is 6. The van der Waals surface area contributed by atoms with Crippen LogP contribution in [-0.4, -0.2) is 72.0 Å². The van der Waals surface area contributed by atoms with Crippen LogP contribution in [0.3, 0.4) is 0 Å². The first-order valence-corrected chi connectivity index (χ1v) is 10.7. The number of benzene rings is 1. The van der Waals surface area contributed by atoms with E-state index in [-0.39, 0.29) is 0 Å². The fourth-order valence-corrected chi connectivity index (χ4v) is 3.99. The van der Waals surface area contributed by atoms with Crippen LogP contribution in [0.5, 0.6) is 0 Å². The Morgan fingerprint density at radius 3 is 2.63 bits per heavy atom. The summed E-state index contributed by atoms with van der Waals surface area (Å²) < 4.78 is 5.36. The van der Waals surface area contributed by atoms with Crippen LogP contribution in [0.2, 0.25) is 0 Å². The van der Waals surface area contributed by atoms with Gasteiger partial charge in [0.1, 0.15) is 11.6 Å². The van der Waals surface area contributed by atoms with E-state index in [1.54, 1.807) is 6.08 Å². The van der Waals surface area contributed by atoms with Crippen molar-refractivity contribution in [3.05, 3.63) is 65.1 Å². The lowest BCUT2D eigenvalue weighted by Gasteiger charge is -2.37. The van der Waals surface area contributed by atoms with Crippen LogP contribution >= 0.6 is 0 Å². The SMILES string of the molecule is C=CCOCC(O)CN1CCN(c2nc(C)nc(C)c2Cc2cccc(C)c2)CC1. The van der Waals surface area contributed by atoms with Crippen molar-refractivity contribution in [2.75, 3.05) is 50.8 Å². The second-order valence-corrected chi connectivity index (χ2v) is 8.09. The highest BCUT2D eigenvalue weighted by molar-refractivity contribution is 5.51. The van der Waals surface area contributed by atoms with Gasteiger partial charge in [0.2, 0.25) is 0 Å². The van der Waals surface area contributed by atoms with Crippen molar-refractivity contribution >= 4 is 5.82 Å². The molecule has 1 saturated heterocycles. The number of ether oxygens (including phenoxy) is 1. The van der Waals surface area contributed by atoms with Gasteiger partial charge in [0.25, 0.3) is 0 Å². The monoisotopic (exact) mass is 410 g/mol. The van der Waals surface area contributed by atoms with E-state index in [1.165, 1.54) is 16.7 Å². The van der Waals surface area contributed by atoms with Crippen LogP contribution in [0.4, 0.5) is 5.82 Å². The Hall–Kier alpha value is -2.28. The zero-order valence-corrected chi connectivity index (χ0v) is 18.5. The van der Waals surface area contributed by atoms with Gasteiger partial charge in [-0.25, -0.2) is 9.97 Å². The first kappa shape index (κ1) is 22.4. The molecule has 30 heavy (non-hydrogen) atoms. The lowest BCUT2D eigenvalue weighted by Crippen LogP contribution is -2.49. The Morgan fingerprint density at radius 2 is 1.93 bits per heavy atom. The van der Waals surface area contributed by atoms with Crippen molar-refractivity contribution in [3.8, 4) is 0 Å². The Balaban J connectivity index is 1.67. The maximum absolute atomic E-state index is 10.2. The lowest BCUT2D eigenvalue weighted by molar-refractivity contribution is 0.0252. The van der Waals surface area contributed by atoms with E-state index in [2.05, 4.69) is 59.5 Å². The molecule has 0 spiro atoms. The van der Waals surface area contributed by atoms with Crippen molar-refractivity contribution in [3.63, 3.8) is 0 Å². The summed E-state index contributed by atoms with van der Waals surface area (Å²) in [4.78, 5) is 14.1. The molecule has 0 aliphatic carbocycles. The molecule has 2 heterocycles. The van der Waals surface area contributed by atoms with E-state index in [1.807, 2.05) is 6.92 Å². The van der Waals surface area contributed by atoms with Crippen LogP contribution in [0, 0.1) is 20.8 Å². The highest BCUT2D eigenvalue weighted by Crippen LogP contribution is 2.25. The minimum atomic E-state index is -0.475. The van der Waals surface area contributed by atoms with Crippen LogP contribution in [-0.2, 0) is 11.2 Å². The summed E-state index contributed by atoms with van der Waals surface area (Å²) in [7, 11) is 0. The Morgan fingerprint density at radius 1 is 1.17 bits per heavy atom. The summed E-state index contributed by atoms with van der Waals surface area (Å²) in [6.07, 6.45) is 2.06. The molecule has 6 heteroatoms. The van der Waals surface area contributed by atoms with Crippen molar-refractivity contribution < 1.29 is 9.84 Å². The highest BCUT2D eigenvalue weighted by atomic mass is 16.5. The van der Waals surface area contributed by atoms with Crippen LogP contribution in [0.1, 0.15) is 28.2 Å². The van der Waals surface area contributed by atoms with Gasteiger partial charge in [-0.15, -0.1) is 6.58 Å². The third-order valence-corrected chi connectivity index (χ3v) is 5.45. The molecule has 0 amide bonds. The van der Waals surface area contributed by atoms with E-state index < -0.39 is 6.10 Å². The molecule has 1 fully saturated rings. The summed E-state index contributed by atoms with van der Waals surface area (Å²) in [5, 5.41) is 10.2. The highest BCUT2D eigenvalue weighted by Gasteiger charge is 2.23. The number of aliphatic hydroxyl groups excluding tert-OH is 1. The normalized spacial score (nSPS) is 15.9. The standard InChI is InChI=1S/C24H34N4O2/c1-5-13-30-17-22(29)16-27-9-11-28(12-10-27)24-23(19(3)25-20(4)26-24)15-21-8-6-7-18(2)14-21/h5-8,14,22,29H,1,9-13,15-17H2,2-4H3. The Kier molecular flexibility index (Phi) is 7.96. The van der Waals surface area contributed by atoms with Gasteiger partial charge in [0.05, 0.1) is 19.3 Å². The molecule has 0 saturated carbocycles. The predicted octanol–water partition coefficient (Wildman–Crippen LogP) is 2.68. The number of aromatic nitrogens is 2. The molecule has 1 aromatic heterocycles. The van der Waals surface area contributed by atoms with Gasteiger partial charge in [-0.05, 0) is 26.3 Å². The quantitative estimate of drug-likeness (QED) is 0.507. The molecule has 1 N–H and O–H groups in total. The van der Waals surface area contributed by atoms with Crippen molar-refractivity contribution in [1.82, 2.24) is 14.9 Å². The van der Waals surface area contributed by atoms with Gasteiger partial charge in [0.15, 0.2) is 0 Å². The number of rotatable bonds is 9. The summed E-state index contributed by atoms with van der Waals surface area (Å²) >= 11 is 0. The maximum atomic E-state index is 10.2. The maximum Gasteiger partial charge on any atom is 0.136 e. The summed E-state index contributed by atoms with van der Waals surface area (Å²) in [5.41, 5.74) is 4.81. The van der Waals surface area contributed by atoms with Gasteiger partial charge in [-0.3, -0.25) is 4.90 Å². The van der Waals surface area contributed by atoms with Gasteiger partial charge >= 0.3 is 0 Å². The van der Waals surface area contributed by atoms with Gasteiger partial charge in [0, 0.05) is 50.4 Å². The smallest absolute Gasteiger partial charge is 0.136 e. The van der Waals surface area contributed by atoms with Crippen molar-refractivity contribution in [1.29, 1.82) is 0 Å². The number of hydrogen-bond donors (Lipinski definition) is 1. The molecular formula is C24H34N4O2. The van der Waals surface area contributed by atoms with Crippen LogP contribution in [0.15, 0.2) is 36.9 Å². The molecule has 0 radical (unpaired) electrons. The number of piperazine rings is 1. The average Bonchev–Trinajstić information content (AvgIpc) is 2.71.